The van der Waals surface area contributed by atoms with Crippen molar-refractivity contribution < 1.29 is 9.32 Å². The van der Waals surface area contributed by atoms with Gasteiger partial charge in [-0.15, -0.1) is 0 Å². The molecule has 0 aromatic heterocycles. The van der Waals surface area contributed by atoms with E-state index >= 15 is 0 Å². The first-order valence-electron chi connectivity index (χ1n) is 8.02. The van der Waals surface area contributed by atoms with Crippen LogP contribution in [0.3, 0.4) is 0 Å². The van der Waals surface area contributed by atoms with Crippen LogP contribution in [-0.2, 0) is 21.8 Å². The molecule has 21 heavy (non-hydrogen) atoms. The molecule has 0 aliphatic carbocycles. The second kappa shape index (κ2) is 5.20. The number of hydrogen-bond donors (Lipinski definition) is 1. The van der Waals surface area contributed by atoms with Gasteiger partial charge in [0, 0.05) is 21.3 Å². The first kappa shape index (κ1) is 15.2. The summed E-state index contributed by atoms with van der Waals surface area (Å²) >= 11 is 0. The summed E-state index contributed by atoms with van der Waals surface area (Å²) in [4.78, 5) is 0. The van der Waals surface area contributed by atoms with Gasteiger partial charge in [-0.2, -0.15) is 0 Å². The molecule has 2 aliphatic rings. The molecule has 2 nitrogen and oxygen atoms in total. The predicted octanol–water partition coefficient (Wildman–Crippen LogP) is 3.64. The summed E-state index contributed by atoms with van der Waals surface area (Å²) in [5.74, 6) is 0. The highest BCUT2D eigenvalue weighted by atomic mass is 32.2. The topological polar surface area (TPSA) is 37.3 Å². The SMILES string of the molecule is CC(C)(C)c1cccc(C2(O)CC3CCCC(C2)S3=O)c1. The summed E-state index contributed by atoms with van der Waals surface area (Å²) in [7, 11) is -0.739. The first-order chi connectivity index (χ1) is 9.79. The summed E-state index contributed by atoms with van der Waals surface area (Å²) in [6.45, 7) is 6.59. The van der Waals surface area contributed by atoms with Crippen molar-refractivity contribution in [1.82, 2.24) is 0 Å². The maximum absolute atomic E-state index is 12.4. The Kier molecular flexibility index (Phi) is 3.77. The van der Waals surface area contributed by atoms with Gasteiger partial charge in [0.2, 0.25) is 0 Å². The molecule has 2 atom stereocenters. The fraction of sp³-hybridized carbons (Fsp3) is 0.667. The molecule has 0 amide bonds. The molecular weight excluding hydrogens is 280 g/mol. The third-order valence-corrected chi connectivity index (χ3v) is 7.22. The Labute approximate surface area is 130 Å². The Morgan fingerprint density at radius 2 is 1.81 bits per heavy atom. The number of rotatable bonds is 1. The van der Waals surface area contributed by atoms with Gasteiger partial charge in [0.05, 0.1) is 5.60 Å². The Morgan fingerprint density at radius 3 is 2.38 bits per heavy atom. The third-order valence-electron chi connectivity index (χ3n) is 5.11. The van der Waals surface area contributed by atoms with Gasteiger partial charge in [-0.25, -0.2) is 0 Å². The molecule has 3 heteroatoms. The van der Waals surface area contributed by atoms with Crippen molar-refractivity contribution in [3.8, 4) is 0 Å². The Bertz CT molecular complexity index is 543. The summed E-state index contributed by atoms with van der Waals surface area (Å²) in [5, 5.41) is 11.6. The van der Waals surface area contributed by atoms with Crippen molar-refractivity contribution in [2.24, 2.45) is 0 Å². The number of benzene rings is 1. The molecule has 0 saturated carbocycles. The van der Waals surface area contributed by atoms with E-state index in [-0.39, 0.29) is 15.9 Å². The van der Waals surface area contributed by atoms with E-state index in [0.717, 1.165) is 18.4 Å². The molecule has 2 aliphatic heterocycles. The zero-order valence-electron chi connectivity index (χ0n) is 13.3. The molecule has 1 N–H and O–H groups in total. The van der Waals surface area contributed by atoms with E-state index in [1.54, 1.807) is 0 Å². The Hall–Kier alpha value is -0.670. The summed E-state index contributed by atoms with van der Waals surface area (Å²) in [6.07, 6.45) is 4.49. The maximum atomic E-state index is 12.4. The number of fused-ring (bicyclic) bond motifs is 2. The van der Waals surface area contributed by atoms with E-state index in [1.165, 1.54) is 12.0 Å². The van der Waals surface area contributed by atoms with Crippen LogP contribution in [0.4, 0.5) is 0 Å². The van der Waals surface area contributed by atoms with Crippen molar-refractivity contribution in [1.29, 1.82) is 0 Å². The quantitative estimate of drug-likeness (QED) is 0.860. The van der Waals surface area contributed by atoms with Crippen LogP contribution in [0.5, 0.6) is 0 Å². The van der Waals surface area contributed by atoms with Crippen LogP contribution in [-0.4, -0.2) is 19.8 Å². The molecule has 0 spiro atoms. The second-order valence-corrected chi connectivity index (χ2v) is 9.76. The molecule has 3 rings (SSSR count). The lowest BCUT2D eigenvalue weighted by molar-refractivity contribution is 0.00643. The minimum atomic E-state index is -0.787. The van der Waals surface area contributed by atoms with Crippen molar-refractivity contribution in [2.45, 2.75) is 74.4 Å². The minimum absolute atomic E-state index is 0.0831. The standard InChI is InChI=1S/C18H26O2S/c1-17(2,3)13-6-4-7-14(10-13)18(19)11-15-8-5-9-16(12-18)21(15)20/h4,6-7,10,15-16,19H,5,8-9,11-12H2,1-3H3. The zero-order valence-corrected chi connectivity index (χ0v) is 14.1. The molecule has 116 valence electrons. The van der Waals surface area contributed by atoms with Crippen molar-refractivity contribution in [2.75, 3.05) is 0 Å². The molecule has 2 heterocycles. The molecule has 0 radical (unpaired) electrons. The van der Waals surface area contributed by atoms with E-state index in [0.29, 0.717) is 12.8 Å². The van der Waals surface area contributed by atoms with Crippen molar-refractivity contribution >= 4 is 10.8 Å². The van der Waals surface area contributed by atoms with E-state index in [1.807, 2.05) is 6.07 Å². The van der Waals surface area contributed by atoms with E-state index in [2.05, 4.69) is 39.0 Å². The smallest absolute Gasteiger partial charge is 0.0919 e. The van der Waals surface area contributed by atoms with Gasteiger partial charge >= 0.3 is 0 Å². The van der Waals surface area contributed by atoms with Crippen molar-refractivity contribution in [3.63, 3.8) is 0 Å². The highest BCUT2D eigenvalue weighted by Crippen LogP contribution is 2.44. The molecule has 1 aromatic carbocycles. The summed E-state index contributed by atoms with van der Waals surface area (Å²) < 4.78 is 12.4. The van der Waals surface area contributed by atoms with Gasteiger partial charge in [0.15, 0.2) is 0 Å². The molecule has 2 fully saturated rings. The normalized spacial score (nSPS) is 36.5. The van der Waals surface area contributed by atoms with Gasteiger partial charge in [0.25, 0.3) is 0 Å². The van der Waals surface area contributed by atoms with Crippen LogP contribution in [0, 0.1) is 0 Å². The van der Waals surface area contributed by atoms with Gasteiger partial charge in [0.1, 0.15) is 0 Å². The Morgan fingerprint density at radius 1 is 1.19 bits per heavy atom. The van der Waals surface area contributed by atoms with Crippen LogP contribution in [0.1, 0.15) is 64.0 Å². The predicted molar refractivity (Wildman–Crippen MR) is 87.8 cm³/mol. The Balaban J connectivity index is 1.94. The summed E-state index contributed by atoms with van der Waals surface area (Å²) in [5.41, 5.74) is 1.57. The van der Waals surface area contributed by atoms with E-state index in [4.69, 9.17) is 0 Å². The number of aliphatic hydroxyl groups is 1. The van der Waals surface area contributed by atoms with Gasteiger partial charge < -0.3 is 5.11 Å². The van der Waals surface area contributed by atoms with Crippen LogP contribution in [0.15, 0.2) is 24.3 Å². The largest absolute Gasteiger partial charge is 0.385 e. The average Bonchev–Trinajstić information content (AvgIpc) is 2.40. The van der Waals surface area contributed by atoms with Crippen LogP contribution < -0.4 is 0 Å². The molecule has 2 unspecified atom stereocenters. The number of hydrogen-bond acceptors (Lipinski definition) is 2. The lowest BCUT2D eigenvalue weighted by Crippen LogP contribution is -2.47. The van der Waals surface area contributed by atoms with Crippen LogP contribution in [0.25, 0.3) is 0 Å². The molecule has 1 aromatic rings. The minimum Gasteiger partial charge on any atom is -0.385 e. The van der Waals surface area contributed by atoms with Crippen LogP contribution in [0.2, 0.25) is 0 Å². The van der Waals surface area contributed by atoms with Gasteiger partial charge in [-0.3, -0.25) is 4.21 Å². The fourth-order valence-corrected chi connectivity index (χ4v) is 6.02. The fourth-order valence-electron chi connectivity index (χ4n) is 3.79. The van der Waals surface area contributed by atoms with Gasteiger partial charge in [-0.05, 0) is 42.2 Å². The lowest BCUT2D eigenvalue weighted by Gasteiger charge is -2.44. The van der Waals surface area contributed by atoms with E-state index in [9.17, 15) is 9.32 Å². The maximum Gasteiger partial charge on any atom is 0.0919 e. The van der Waals surface area contributed by atoms with Crippen molar-refractivity contribution in [3.05, 3.63) is 35.4 Å². The first-order valence-corrected chi connectivity index (χ1v) is 9.30. The second-order valence-electron chi connectivity index (χ2n) is 7.77. The summed E-state index contributed by atoms with van der Waals surface area (Å²) in [6, 6.07) is 8.38. The highest BCUT2D eigenvalue weighted by Gasteiger charge is 2.46. The third kappa shape index (κ3) is 2.83. The average molecular weight is 306 g/mol. The van der Waals surface area contributed by atoms with Crippen LogP contribution >= 0.6 is 0 Å². The highest BCUT2D eigenvalue weighted by molar-refractivity contribution is 7.86. The van der Waals surface area contributed by atoms with Gasteiger partial charge in [-0.1, -0.05) is 51.5 Å². The molecular formula is C18H26O2S. The molecule has 2 saturated heterocycles. The molecule has 2 bridgehead atoms. The zero-order chi connectivity index (χ0) is 15.3. The van der Waals surface area contributed by atoms with E-state index < -0.39 is 16.4 Å². The lowest BCUT2D eigenvalue weighted by atomic mass is 9.78. The monoisotopic (exact) mass is 306 g/mol.